The van der Waals surface area contributed by atoms with Gasteiger partial charge in [-0.1, -0.05) is 17.8 Å². The third kappa shape index (κ3) is 4.19. The average molecular weight is 474 g/mol. The molecule has 10 heteroatoms. The Balaban J connectivity index is 1.63. The van der Waals surface area contributed by atoms with Crippen LogP contribution in [0.5, 0.6) is 0 Å². The first-order chi connectivity index (χ1) is 14.9. The van der Waals surface area contributed by atoms with E-state index in [1.807, 2.05) is 50.6 Å². The number of hydrogen-bond donors (Lipinski definition) is 1. The number of nitrogens with one attached hydrogen (secondary N) is 1. The van der Waals surface area contributed by atoms with Crippen molar-refractivity contribution in [1.29, 1.82) is 0 Å². The van der Waals surface area contributed by atoms with Crippen molar-refractivity contribution in [2.24, 2.45) is 0 Å². The Kier molecular flexibility index (Phi) is 6.31. The van der Waals surface area contributed by atoms with Crippen molar-refractivity contribution in [3.05, 3.63) is 45.5 Å². The van der Waals surface area contributed by atoms with Crippen molar-refractivity contribution >= 4 is 56.4 Å². The minimum Gasteiger partial charge on any atom is -0.310 e. The molecule has 31 heavy (non-hydrogen) atoms. The summed E-state index contributed by atoms with van der Waals surface area (Å²) in [4.78, 5) is 32.6. The first-order valence-electron chi connectivity index (χ1n) is 9.97. The van der Waals surface area contributed by atoms with Crippen molar-refractivity contribution in [3.63, 3.8) is 0 Å². The monoisotopic (exact) mass is 473 g/mol. The van der Waals surface area contributed by atoms with Crippen molar-refractivity contribution in [2.75, 3.05) is 5.32 Å². The largest absolute Gasteiger partial charge is 0.310 e. The molecule has 0 aliphatic rings. The van der Waals surface area contributed by atoms with E-state index in [-0.39, 0.29) is 17.5 Å². The van der Waals surface area contributed by atoms with E-state index in [0.29, 0.717) is 27.7 Å². The van der Waals surface area contributed by atoms with Gasteiger partial charge in [-0.2, -0.15) is 5.10 Å². The smallest absolute Gasteiger partial charge is 0.263 e. The van der Waals surface area contributed by atoms with Crippen LogP contribution in [0.4, 0.5) is 5.82 Å². The lowest BCUT2D eigenvalue weighted by Crippen LogP contribution is -2.27. The van der Waals surface area contributed by atoms with Gasteiger partial charge in [0.25, 0.3) is 5.56 Å². The third-order valence-corrected chi connectivity index (χ3v) is 7.69. The first kappa shape index (κ1) is 21.8. The van der Waals surface area contributed by atoms with E-state index in [4.69, 9.17) is 4.98 Å². The van der Waals surface area contributed by atoms with Gasteiger partial charge in [0.1, 0.15) is 10.6 Å². The molecule has 0 radical (unpaired) electrons. The summed E-state index contributed by atoms with van der Waals surface area (Å²) in [7, 11) is 0. The molecule has 1 amide bonds. The van der Waals surface area contributed by atoms with E-state index in [9.17, 15) is 9.59 Å². The van der Waals surface area contributed by atoms with Crippen LogP contribution in [0.25, 0.3) is 20.7 Å². The molecule has 4 rings (SSSR count). The molecule has 1 atom stereocenters. The van der Waals surface area contributed by atoms with Crippen molar-refractivity contribution < 1.29 is 4.79 Å². The normalized spacial score (nSPS) is 12.5. The zero-order valence-electron chi connectivity index (χ0n) is 17.7. The maximum Gasteiger partial charge on any atom is 0.263 e. The highest BCUT2D eigenvalue weighted by Gasteiger charge is 2.22. The van der Waals surface area contributed by atoms with Crippen LogP contribution in [0.3, 0.4) is 0 Å². The van der Waals surface area contributed by atoms with Gasteiger partial charge in [-0.05, 0) is 39.1 Å². The number of fused-ring (bicyclic) bond motifs is 1. The lowest BCUT2D eigenvalue weighted by Gasteiger charge is -2.16. The Morgan fingerprint density at radius 3 is 2.74 bits per heavy atom. The topological polar surface area (TPSA) is 81.8 Å². The molecule has 0 saturated carbocycles. The molecule has 7 nitrogen and oxygen atoms in total. The summed E-state index contributed by atoms with van der Waals surface area (Å²) < 4.78 is 3.41. The fourth-order valence-electron chi connectivity index (χ4n) is 3.25. The van der Waals surface area contributed by atoms with Gasteiger partial charge < -0.3 is 5.32 Å². The molecule has 4 aromatic heterocycles. The number of carbonyl (C=O) groups is 1. The number of anilines is 1. The number of amides is 1. The van der Waals surface area contributed by atoms with E-state index in [0.717, 1.165) is 10.4 Å². The Morgan fingerprint density at radius 2 is 2.06 bits per heavy atom. The second-order valence-corrected chi connectivity index (χ2v) is 10.4. The van der Waals surface area contributed by atoms with Gasteiger partial charge in [0.15, 0.2) is 5.16 Å². The zero-order chi connectivity index (χ0) is 22.1. The summed E-state index contributed by atoms with van der Waals surface area (Å²) in [6, 6.07) is 5.90. The molecule has 4 aromatic rings. The molecule has 0 aliphatic carbocycles. The molecule has 0 aromatic carbocycles. The fourth-order valence-corrected chi connectivity index (χ4v) is 6.03. The van der Waals surface area contributed by atoms with Gasteiger partial charge in [0.05, 0.1) is 16.8 Å². The van der Waals surface area contributed by atoms with Gasteiger partial charge in [0, 0.05) is 34.5 Å². The van der Waals surface area contributed by atoms with Crippen LogP contribution in [0, 0.1) is 0 Å². The molecule has 0 fully saturated rings. The number of nitrogens with zero attached hydrogens (tertiary/aromatic N) is 4. The van der Waals surface area contributed by atoms with E-state index in [1.165, 1.54) is 23.1 Å². The number of rotatable bonds is 7. The van der Waals surface area contributed by atoms with Crippen molar-refractivity contribution in [1.82, 2.24) is 19.3 Å². The number of carbonyl (C=O) groups excluding carboxylic acids is 1. The van der Waals surface area contributed by atoms with Gasteiger partial charge in [0.2, 0.25) is 5.91 Å². The van der Waals surface area contributed by atoms with Gasteiger partial charge in [-0.3, -0.25) is 14.2 Å². The van der Waals surface area contributed by atoms with E-state index in [2.05, 4.69) is 10.4 Å². The molecule has 162 valence electrons. The lowest BCUT2D eigenvalue weighted by atomic mass is 10.2. The summed E-state index contributed by atoms with van der Waals surface area (Å²) in [5, 5.41) is 11.9. The van der Waals surface area contributed by atoms with Crippen LogP contribution in [-0.2, 0) is 11.3 Å². The zero-order valence-corrected chi connectivity index (χ0v) is 20.1. The molecular formula is C21H23N5O2S3. The summed E-state index contributed by atoms with van der Waals surface area (Å²) in [5.41, 5.74) is 0.865. The number of aromatic nitrogens is 4. The third-order valence-electron chi connectivity index (χ3n) is 4.82. The summed E-state index contributed by atoms with van der Waals surface area (Å²) in [6.07, 6.45) is 1.67. The molecular weight excluding hydrogens is 450 g/mol. The van der Waals surface area contributed by atoms with Crippen LogP contribution in [0.15, 0.2) is 45.1 Å². The van der Waals surface area contributed by atoms with E-state index >= 15 is 0 Å². The Hall–Kier alpha value is -2.43. The molecule has 1 N–H and O–H groups in total. The Labute approximate surface area is 192 Å². The second-order valence-electron chi connectivity index (χ2n) is 7.25. The molecule has 4 heterocycles. The van der Waals surface area contributed by atoms with Crippen LogP contribution < -0.4 is 10.9 Å². The SMILES string of the molecule is CCn1c(SC(C)C(=O)Nc2ccnn2C(C)C)nc2scc(-c3cccs3)c2c1=O. The Morgan fingerprint density at radius 1 is 1.26 bits per heavy atom. The second kappa shape index (κ2) is 8.97. The maximum absolute atomic E-state index is 13.3. The number of hydrogen-bond acceptors (Lipinski definition) is 7. The molecule has 0 spiro atoms. The summed E-state index contributed by atoms with van der Waals surface area (Å²) in [6.45, 7) is 8.23. The first-order valence-corrected chi connectivity index (χ1v) is 12.6. The molecule has 0 bridgehead atoms. The van der Waals surface area contributed by atoms with Crippen LogP contribution in [-0.4, -0.2) is 30.5 Å². The molecule has 1 unspecified atom stereocenters. The van der Waals surface area contributed by atoms with Gasteiger partial charge in [-0.15, -0.1) is 22.7 Å². The quantitative estimate of drug-likeness (QED) is 0.298. The van der Waals surface area contributed by atoms with Crippen LogP contribution in [0.2, 0.25) is 0 Å². The highest BCUT2D eigenvalue weighted by molar-refractivity contribution is 8.00. The summed E-state index contributed by atoms with van der Waals surface area (Å²) >= 11 is 4.36. The molecule has 0 aliphatic heterocycles. The minimum absolute atomic E-state index is 0.0647. The molecule has 0 saturated heterocycles. The van der Waals surface area contributed by atoms with Crippen LogP contribution >= 0.6 is 34.4 Å². The van der Waals surface area contributed by atoms with Crippen LogP contribution in [0.1, 0.15) is 33.7 Å². The van der Waals surface area contributed by atoms with E-state index < -0.39 is 5.25 Å². The number of thiophene rings is 2. The number of thioether (sulfide) groups is 1. The highest BCUT2D eigenvalue weighted by atomic mass is 32.2. The predicted octanol–water partition coefficient (Wildman–Crippen LogP) is 5.10. The van der Waals surface area contributed by atoms with Crippen molar-refractivity contribution in [3.8, 4) is 10.4 Å². The standard InChI is InChI=1S/C21H23N5O2S3/c1-5-25-20(28)17-14(15-7-6-10-29-15)11-30-19(17)24-21(25)31-13(4)18(27)23-16-8-9-22-26(16)12(2)3/h6-13H,5H2,1-4H3,(H,23,27). The average Bonchev–Trinajstić information content (AvgIpc) is 3.48. The lowest BCUT2D eigenvalue weighted by molar-refractivity contribution is -0.115. The van der Waals surface area contributed by atoms with Crippen molar-refractivity contribution in [2.45, 2.75) is 50.7 Å². The fraction of sp³-hybridized carbons (Fsp3) is 0.333. The predicted molar refractivity (Wildman–Crippen MR) is 129 cm³/mol. The Bertz CT molecular complexity index is 1270. The van der Waals surface area contributed by atoms with Gasteiger partial charge in [-0.25, -0.2) is 9.67 Å². The maximum atomic E-state index is 13.3. The highest BCUT2D eigenvalue weighted by Crippen LogP contribution is 2.35. The van der Waals surface area contributed by atoms with Gasteiger partial charge >= 0.3 is 0 Å². The summed E-state index contributed by atoms with van der Waals surface area (Å²) in [5.74, 6) is 0.498. The van der Waals surface area contributed by atoms with E-state index in [1.54, 1.807) is 32.8 Å². The minimum atomic E-state index is -0.436.